The summed E-state index contributed by atoms with van der Waals surface area (Å²) >= 11 is 0. The standard InChI is InChI=1S/C24H26N2O4/c27-23-10-7-17-3-1-2-4-22(17)26(23)19-11-13-25(14-12-19)24(28)18-5-8-20(9-6-18)29-15-21-16-30-21/h1-6,8-9,19,21H,7,10-16H2. The zero-order valence-electron chi connectivity index (χ0n) is 17.0. The summed E-state index contributed by atoms with van der Waals surface area (Å²) in [5.41, 5.74) is 2.96. The summed E-state index contributed by atoms with van der Waals surface area (Å²) in [4.78, 5) is 29.4. The van der Waals surface area contributed by atoms with Crippen LogP contribution in [0.15, 0.2) is 48.5 Å². The predicted molar refractivity (Wildman–Crippen MR) is 113 cm³/mol. The number of ether oxygens (including phenoxy) is 2. The first kappa shape index (κ1) is 19.1. The second-order valence-electron chi connectivity index (χ2n) is 8.21. The molecule has 1 atom stereocenters. The fourth-order valence-corrected chi connectivity index (χ4v) is 4.41. The molecular formula is C24H26N2O4. The molecule has 2 amide bonds. The highest BCUT2D eigenvalue weighted by molar-refractivity contribution is 5.97. The Morgan fingerprint density at radius 1 is 1.03 bits per heavy atom. The van der Waals surface area contributed by atoms with Gasteiger partial charge in [-0.15, -0.1) is 0 Å². The molecule has 6 heteroatoms. The summed E-state index contributed by atoms with van der Waals surface area (Å²) in [5, 5.41) is 0. The lowest BCUT2D eigenvalue weighted by Crippen LogP contribution is -2.50. The molecule has 2 saturated heterocycles. The van der Waals surface area contributed by atoms with E-state index in [0.29, 0.717) is 31.7 Å². The van der Waals surface area contributed by atoms with Gasteiger partial charge in [-0.3, -0.25) is 9.59 Å². The Kier molecular flexibility index (Phi) is 5.17. The maximum Gasteiger partial charge on any atom is 0.253 e. The smallest absolute Gasteiger partial charge is 0.253 e. The number of carbonyl (C=O) groups is 2. The summed E-state index contributed by atoms with van der Waals surface area (Å²) in [7, 11) is 0. The molecule has 0 N–H and O–H groups in total. The third-order valence-electron chi connectivity index (χ3n) is 6.18. The van der Waals surface area contributed by atoms with Gasteiger partial charge in [-0.25, -0.2) is 0 Å². The minimum atomic E-state index is 0.0379. The zero-order valence-corrected chi connectivity index (χ0v) is 17.0. The number of rotatable bonds is 5. The number of aryl methyl sites for hydroxylation is 1. The number of piperidine rings is 1. The molecule has 3 aliphatic heterocycles. The van der Waals surface area contributed by atoms with Crippen molar-refractivity contribution < 1.29 is 19.1 Å². The molecule has 30 heavy (non-hydrogen) atoms. The van der Waals surface area contributed by atoms with Crippen molar-refractivity contribution in [2.75, 3.05) is 31.2 Å². The van der Waals surface area contributed by atoms with E-state index in [1.165, 1.54) is 5.56 Å². The largest absolute Gasteiger partial charge is 0.491 e. The lowest BCUT2D eigenvalue weighted by molar-refractivity contribution is -0.119. The van der Waals surface area contributed by atoms with Crippen LogP contribution in [0.5, 0.6) is 5.75 Å². The fraction of sp³-hybridized carbons (Fsp3) is 0.417. The average Bonchev–Trinajstić information content (AvgIpc) is 3.62. The third-order valence-corrected chi connectivity index (χ3v) is 6.18. The van der Waals surface area contributed by atoms with Gasteiger partial charge in [0.1, 0.15) is 18.5 Å². The van der Waals surface area contributed by atoms with E-state index in [-0.39, 0.29) is 24.0 Å². The number of carbonyl (C=O) groups excluding carboxylic acids is 2. The zero-order chi connectivity index (χ0) is 20.5. The number of benzene rings is 2. The van der Waals surface area contributed by atoms with E-state index in [0.717, 1.165) is 37.3 Å². The van der Waals surface area contributed by atoms with Gasteiger partial charge < -0.3 is 19.3 Å². The molecule has 0 radical (unpaired) electrons. The molecular weight excluding hydrogens is 380 g/mol. The number of hydrogen-bond acceptors (Lipinski definition) is 4. The van der Waals surface area contributed by atoms with Crippen LogP contribution in [0.4, 0.5) is 5.69 Å². The van der Waals surface area contributed by atoms with E-state index < -0.39 is 0 Å². The van der Waals surface area contributed by atoms with Crippen LogP contribution in [0.3, 0.4) is 0 Å². The van der Waals surface area contributed by atoms with E-state index >= 15 is 0 Å². The lowest BCUT2D eigenvalue weighted by Gasteiger charge is -2.41. The molecule has 2 fully saturated rings. The number of para-hydroxylation sites is 1. The van der Waals surface area contributed by atoms with Gasteiger partial charge in [0.25, 0.3) is 5.91 Å². The van der Waals surface area contributed by atoms with Crippen LogP contribution in [-0.4, -0.2) is 55.2 Å². The number of amides is 2. The highest BCUT2D eigenvalue weighted by Gasteiger charge is 2.33. The predicted octanol–water partition coefficient (Wildman–Crippen LogP) is 3.05. The van der Waals surface area contributed by atoms with Crippen LogP contribution in [0.2, 0.25) is 0 Å². The van der Waals surface area contributed by atoms with Crippen molar-refractivity contribution in [3.8, 4) is 5.75 Å². The van der Waals surface area contributed by atoms with Gasteiger partial charge in [0.15, 0.2) is 0 Å². The van der Waals surface area contributed by atoms with E-state index in [1.807, 2.05) is 52.3 Å². The van der Waals surface area contributed by atoms with Crippen molar-refractivity contribution in [1.82, 2.24) is 4.90 Å². The van der Waals surface area contributed by atoms with Crippen molar-refractivity contribution in [2.24, 2.45) is 0 Å². The monoisotopic (exact) mass is 406 g/mol. The SMILES string of the molecule is O=C(c1ccc(OCC2CO2)cc1)N1CCC(N2C(=O)CCc3ccccc32)CC1. The summed E-state index contributed by atoms with van der Waals surface area (Å²) in [6.07, 6.45) is 3.20. The van der Waals surface area contributed by atoms with Crippen molar-refractivity contribution in [2.45, 2.75) is 37.8 Å². The van der Waals surface area contributed by atoms with Crippen LogP contribution in [0, 0.1) is 0 Å². The van der Waals surface area contributed by atoms with Crippen LogP contribution in [0.25, 0.3) is 0 Å². The highest BCUT2D eigenvalue weighted by atomic mass is 16.6. The molecule has 5 rings (SSSR count). The normalized spacial score (nSPS) is 21.3. The second-order valence-corrected chi connectivity index (χ2v) is 8.21. The molecule has 0 spiro atoms. The molecule has 0 bridgehead atoms. The molecule has 2 aromatic rings. The molecule has 0 aliphatic carbocycles. The molecule has 0 saturated carbocycles. The molecule has 6 nitrogen and oxygen atoms in total. The summed E-state index contributed by atoms with van der Waals surface area (Å²) in [5.74, 6) is 0.990. The lowest BCUT2D eigenvalue weighted by atomic mass is 9.95. The quantitative estimate of drug-likeness (QED) is 0.716. The van der Waals surface area contributed by atoms with Crippen LogP contribution < -0.4 is 9.64 Å². The molecule has 1 unspecified atom stereocenters. The van der Waals surface area contributed by atoms with Crippen LogP contribution in [0.1, 0.15) is 35.2 Å². The minimum absolute atomic E-state index is 0.0379. The van der Waals surface area contributed by atoms with E-state index in [2.05, 4.69) is 6.07 Å². The fourth-order valence-electron chi connectivity index (χ4n) is 4.41. The molecule has 156 valence electrons. The Morgan fingerprint density at radius 3 is 2.50 bits per heavy atom. The van der Waals surface area contributed by atoms with Crippen LogP contribution in [-0.2, 0) is 16.0 Å². The summed E-state index contributed by atoms with van der Waals surface area (Å²) < 4.78 is 10.8. The van der Waals surface area contributed by atoms with Crippen molar-refractivity contribution >= 4 is 17.5 Å². The second kappa shape index (κ2) is 8.11. The topological polar surface area (TPSA) is 62.4 Å². The highest BCUT2D eigenvalue weighted by Crippen LogP contribution is 2.32. The number of anilines is 1. The van der Waals surface area contributed by atoms with Gasteiger partial charge in [0.2, 0.25) is 5.91 Å². The Labute approximate surface area is 176 Å². The van der Waals surface area contributed by atoms with Gasteiger partial charge in [-0.05, 0) is 55.2 Å². The number of nitrogens with zero attached hydrogens (tertiary/aromatic N) is 2. The van der Waals surface area contributed by atoms with Gasteiger partial charge in [-0.2, -0.15) is 0 Å². The molecule has 3 aliphatic rings. The first-order chi connectivity index (χ1) is 14.7. The average molecular weight is 406 g/mol. The number of hydrogen-bond donors (Lipinski definition) is 0. The van der Waals surface area contributed by atoms with Crippen molar-refractivity contribution in [1.29, 1.82) is 0 Å². The Morgan fingerprint density at radius 2 is 1.77 bits per heavy atom. The first-order valence-corrected chi connectivity index (χ1v) is 10.7. The van der Waals surface area contributed by atoms with E-state index in [4.69, 9.17) is 9.47 Å². The van der Waals surface area contributed by atoms with E-state index in [1.54, 1.807) is 0 Å². The molecule has 0 aromatic heterocycles. The van der Waals surface area contributed by atoms with Crippen LogP contribution >= 0.6 is 0 Å². The van der Waals surface area contributed by atoms with Gasteiger partial charge in [-0.1, -0.05) is 18.2 Å². The number of likely N-dealkylation sites (tertiary alicyclic amines) is 1. The molecule has 2 aromatic carbocycles. The Balaban J connectivity index is 1.20. The number of fused-ring (bicyclic) bond motifs is 1. The van der Waals surface area contributed by atoms with E-state index in [9.17, 15) is 9.59 Å². The molecule has 3 heterocycles. The van der Waals surface area contributed by atoms with Gasteiger partial charge >= 0.3 is 0 Å². The van der Waals surface area contributed by atoms with Gasteiger partial charge in [0, 0.05) is 36.8 Å². The van der Waals surface area contributed by atoms with Gasteiger partial charge in [0.05, 0.1) is 6.61 Å². The first-order valence-electron chi connectivity index (χ1n) is 10.7. The van der Waals surface area contributed by atoms with Crippen molar-refractivity contribution in [3.05, 3.63) is 59.7 Å². The maximum atomic E-state index is 12.9. The Hall–Kier alpha value is -2.86. The maximum absolute atomic E-state index is 12.9. The summed E-state index contributed by atoms with van der Waals surface area (Å²) in [6, 6.07) is 15.7. The number of epoxide rings is 1. The third kappa shape index (κ3) is 3.92. The Bertz CT molecular complexity index is 930. The minimum Gasteiger partial charge on any atom is -0.491 e. The van der Waals surface area contributed by atoms with Crippen molar-refractivity contribution in [3.63, 3.8) is 0 Å². The summed E-state index contributed by atoms with van der Waals surface area (Å²) in [6.45, 7) is 2.64.